The molecule has 0 heterocycles. The summed E-state index contributed by atoms with van der Waals surface area (Å²) < 4.78 is 26.1. The average molecular weight is 318 g/mol. The van der Waals surface area contributed by atoms with Crippen molar-refractivity contribution in [3.05, 3.63) is 65.7 Å². The van der Waals surface area contributed by atoms with Gasteiger partial charge in [0.2, 0.25) is 11.8 Å². The summed E-state index contributed by atoms with van der Waals surface area (Å²) in [6, 6.07) is 11.5. The number of carbonyl (C=O) groups excluding carboxylic acids is 2. The monoisotopic (exact) mass is 318 g/mol. The molecule has 0 unspecified atom stereocenters. The minimum atomic E-state index is -0.500. The van der Waals surface area contributed by atoms with E-state index in [1.54, 1.807) is 18.2 Å². The first-order chi connectivity index (χ1) is 11.0. The van der Waals surface area contributed by atoms with Crippen molar-refractivity contribution in [3.63, 3.8) is 0 Å². The summed E-state index contributed by atoms with van der Waals surface area (Å²) in [4.78, 5) is 23.3. The third-order valence-electron chi connectivity index (χ3n) is 3.12. The molecule has 2 aromatic carbocycles. The molecular weight excluding hydrogens is 302 g/mol. The van der Waals surface area contributed by atoms with E-state index in [-0.39, 0.29) is 18.8 Å². The summed E-state index contributed by atoms with van der Waals surface area (Å²) in [5, 5.41) is 5.05. The Bertz CT molecular complexity index is 687. The first-order valence-electron chi connectivity index (χ1n) is 7.10. The van der Waals surface area contributed by atoms with E-state index in [1.807, 2.05) is 0 Å². The van der Waals surface area contributed by atoms with Gasteiger partial charge in [0.05, 0.1) is 0 Å². The molecule has 0 saturated carbocycles. The minimum absolute atomic E-state index is 0.240. The second kappa shape index (κ2) is 8.03. The molecule has 0 aliphatic rings. The van der Waals surface area contributed by atoms with Crippen LogP contribution in [0.4, 0.5) is 14.5 Å². The van der Waals surface area contributed by atoms with Crippen LogP contribution in [-0.2, 0) is 16.0 Å². The largest absolute Gasteiger partial charge is 0.355 e. The number of hydrogen-bond acceptors (Lipinski definition) is 2. The van der Waals surface area contributed by atoms with Crippen molar-refractivity contribution < 1.29 is 18.4 Å². The highest BCUT2D eigenvalue weighted by Gasteiger charge is 2.10. The molecule has 0 aliphatic heterocycles. The maximum absolute atomic E-state index is 13.4. The molecule has 0 aliphatic carbocycles. The SMILES string of the molecule is O=C(CC(=O)Nc1ccc(F)cc1)NCCc1ccccc1F. The molecule has 0 bridgehead atoms. The van der Waals surface area contributed by atoms with Gasteiger partial charge < -0.3 is 10.6 Å². The van der Waals surface area contributed by atoms with Gasteiger partial charge in [0, 0.05) is 12.2 Å². The number of hydrogen-bond donors (Lipinski definition) is 2. The molecule has 2 amide bonds. The molecule has 4 nitrogen and oxygen atoms in total. The molecule has 120 valence electrons. The van der Waals surface area contributed by atoms with Crippen molar-refractivity contribution in [2.75, 3.05) is 11.9 Å². The molecule has 0 aromatic heterocycles. The molecule has 0 radical (unpaired) electrons. The molecule has 23 heavy (non-hydrogen) atoms. The lowest BCUT2D eigenvalue weighted by Gasteiger charge is -2.07. The standard InChI is InChI=1S/C17H16F2N2O2/c18-13-5-7-14(8-6-13)21-17(23)11-16(22)20-10-9-12-3-1-2-4-15(12)19/h1-8H,9-11H2,(H,20,22)(H,21,23). The number of benzene rings is 2. The van der Waals surface area contributed by atoms with Crippen LogP contribution in [0, 0.1) is 11.6 Å². The number of amides is 2. The summed E-state index contributed by atoms with van der Waals surface area (Å²) >= 11 is 0. The summed E-state index contributed by atoms with van der Waals surface area (Å²) in [5.41, 5.74) is 0.916. The van der Waals surface area contributed by atoms with Gasteiger partial charge in [-0.2, -0.15) is 0 Å². The lowest BCUT2D eigenvalue weighted by atomic mass is 10.1. The Kier molecular flexibility index (Phi) is 5.80. The lowest BCUT2D eigenvalue weighted by molar-refractivity contribution is -0.126. The highest BCUT2D eigenvalue weighted by molar-refractivity contribution is 6.03. The van der Waals surface area contributed by atoms with Gasteiger partial charge in [0.15, 0.2) is 0 Å². The molecular formula is C17H16F2N2O2. The van der Waals surface area contributed by atoms with E-state index < -0.39 is 17.6 Å². The van der Waals surface area contributed by atoms with Gasteiger partial charge >= 0.3 is 0 Å². The van der Waals surface area contributed by atoms with Crippen LogP contribution in [-0.4, -0.2) is 18.4 Å². The fourth-order valence-electron chi connectivity index (χ4n) is 1.98. The Labute approximate surface area is 132 Å². The zero-order valence-electron chi connectivity index (χ0n) is 12.3. The van der Waals surface area contributed by atoms with Crippen molar-refractivity contribution in [1.82, 2.24) is 5.32 Å². The van der Waals surface area contributed by atoms with E-state index in [0.717, 1.165) is 0 Å². The Morgan fingerprint density at radius 1 is 0.913 bits per heavy atom. The Morgan fingerprint density at radius 3 is 2.30 bits per heavy atom. The van der Waals surface area contributed by atoms with Gasteiger partial charge in [-0.15, -0.1) is 0 Å². The highest BCUT2D eigenvalue weighted by atomic mass is 19.1. The van der Waals surface area contributed by atoms with Crippen molar-refractivity contribution >= 4 is 17.5 Å². The number of nitrogens with one attached hydrogen (secondary N) is 2. The van der Waals surface area contributed by atoms with Gasteiger partial charge in [-0.3, -0.25) is 9.59 Å². The number of carbonyl (C=O) groups is 2. The third-order valence-corrected chi connectivity index (χ3v) is 3.12. The fourth-order valence-corrected chi connectivity index (χ4v) is 1.98. The molecule has 2 rings (SSSR count). The summed E-state index contributed by atoms with van der Waals surface area (Å²) in [6.07, 6.45) is -0.00730. The molecule has 2 aromatic rings. The van der Waals surface area contributed by atoms with Gasteiger partial charge in [-0.25, -0.2) is 8.78 Å². The van der Waals surface area contributed by atoms with Crippen LogP contribution >= 0.6 is 0 Å². The zero-order chi connectivity index (χ0) is 16.7. The predicted octanol–water partition coefficient (Wildman–Crippen LogP) is 2.65. The van der Waals surface area contributed by atoms with Crippen molar-refractivity contribution in [2.24, 2.45) is 0 Å². The minimum Gasteiger partial charge on any atom is -0.355 e. The lowest BCUT2D eigenvalue weighted by Crippen LogP contribution is -2.29. The van der Waals surface area contributed by atoms with Gasteiger partial charge in [-0.05, 0) is 42.3 Å². The van der Waals surface area contributed by atoms with E-state index in [4.69, 9.17) is 0 Å². The maximum atomic E-state index is 13.4. The molecule has 2 N–H and O–H groups in total. The van der Waals surface area contributed by atoms with Gasteiger partial charge in [-0.1, -0.05) is 18.2 Å². The third kappa shape index (κ3) is 5.50. The first-order valence-corrected chi connectivity index (χ1v) is 7.10. The summed E-state index contributed by atoms with van der Waals surface area (Å²) in [7, 11) is 0. The van der Waals surface area contributed by atoms with E-state index in [0.29, 0.717) is 17.7 Å². The van der Waals surface area contributed by atoms with Crippen molar-refractivity contribution in [1.29, 1.82) is 0 Å². The smallest absolute Gasteiger partial charge is 0.233 e. The number of rotatable bonds is 6. The molecule has 0 fully saturated rings. The van der Waals surface area contributed by atoms with Crippen LogP contribution in [0.1, 0.15) is 12.0 Å². The maximum Gasteiger partial charge on any atom is 0.233 e. The van der Waals surface area contributed by atoms with Crippen LogP contribution in [0.5, 0.6) is 0 Å². The van der Waals surface area contributed by atoms with Crippen molar-refractivity contribution in [3.8, 4) is 0 Å². The Hall–Kier alpha value is -2.76. The van der Waals surface area contributed by atoms with Gasteiger partial charge in [0.25, 0.3) is 0 Å². The normalized spacial score (nSPS) is 10.2. The van der Waals surface area contributed by atoms with Crippen LogP contribution in [0.25, 0.3) is 0 Å². The molecule has 6 heteroatoms. The Balaban J connectivity index is 1.73. The second-order valence-corrected chi connectivity index (χ2v) is 4.92. The van der Waals surface area contributed by atoms with E-state index in [2.05, 4.69) is 10.6 Å². The van der Waals surface area contributed by atoms with Crippen LogP contribution < -0.4 is 10.6 Å². The first kappa shape index (κ1) is 16.6. The van der Waals surface area contributed by atoms with Gasteiger partial charge in [0.1, 0.15) is 18.1 Å². The molecule has 0 spiro atoms. The number of halogens is 2. The van der Waals surface area contributed by atoms with E-state index in [1.165, 1.54) is 30.3 Å². The predicted molar refractivity (Wildman–Crippen MR) is 82.8 cm³/mol. The highest BCUT2D eigenvalue weighted by Crippen LogP contribution is 2.08. The summed E-state index contributed by atoms with van der Waals surface area (Å²) in [6.45, 7) is 0.240. The average Bonchev–Trinajstić information content (AvgIpc) is 2.51. The van der Waals surface area contributed by atoms with E-state index >= 15 is 0 Å². The molecule has 0 atom stereocenters. The Morgan fingerprint density at radius 2 is 1.61 bits per heavy atom. The second-order valence-electron chi connectivity index (χ2n) is 4.92. The van der Waals surface area contributed by atoms with Crippen LogP contribution in [0.3, 0.4) is 0 Å². The van der Waals surface area contributed by atoms with E-state index in [9.17, 15) is 18.4 Å². The summed E-state index contributed by atoms with van der Waals surface area (Å²) in [5.74, 6) is -1.69. The van der Waals surface area contributed by atoms with Crippen LogP contribution in [0.15, 0.2) is 48.5 Å². The number of anilines is 1. The quantitative estimate of drug-likeness (QED) is 0.805. The molecule has 0 saturated heterocycles. The topological polar surface area (TPSA) is 58.2 Å². The van der Waals surface area contributed by atoms with Crippen LogP contribution in [0.2, 0.25) is 0 Å². The van der Waals surface area contributed by atoms with Crippen molar-refractivity contribution in [2.45, 2.75) is 12.8 Å². The fraction of sp³-hybridized carbons (Fsp3) is 0.176. The zero-order valence-corrected chi connectivity index (χ0v) is 12.3.